The summed E-state index contributed by atoms with van der Waals surface area (Å²) in [6, 6.07) is 0. The number of hydrogen-bond acceptors (Lipinski definition) is 2. The van der Waals surface area contributed by atoms with Crippen molar-refractivity contribution in [3.8, 4) is 0 Å². The second-order valence-corrected chi connectivity index (χ2v) is 0.899. The van der Waals surface area contributed by atoms with Crippen molar-refractivity contribution in [2.24, 2.45) is 5.10 Å². The third-order valence-electron chi connectivity index (χ3n) is 0.379. The summed E-state index contributed by atoms with van der Waals surface area (Å²) < 4.78 is 0. The molecule has 1 N–H and O–H groups in total. The fraction of sp³-hybridized carbons (Fsp3) is 0.750. The Kier molecular flexibility index (Phi) is 4.08. The molecule has 6 heavy (non-hydrogen) atoms. The fourth-order valence-electron chi connectivity index (χ4n) is 0.183. The highest BCUT2D eigenvalue weighted by Gasteiger charge is 1.58. The van der Waals surface area contributed by atoms with Gasteiger partial charge in [-0.05, 0) is 13.8 Å². The van der Waals surface area contributed by atoms with E-state index in [2.05, 4.69) is 10.5 Å². The smallest absolute Gasteiger partial charge is 0.0301 e. The van der Waals surface area contributed by atoms with Crippen molar-refractivity contribution in [2.45, 2.75) is 13.8 Å². The van der Waals surface area contributed by atoms with Gasteiger partial charge in [-0.2, -0.15) is 5.10 Å². The van der Waals surface area contributed by atoms with Gasteiger partial charge in [-0.1, -0.05) is 0 Å². The van der Waals surface area contributed by atoms with Gasteiger partial charge in [0, 0.05) is 12.8 Å². The van der Waals surface area contributed by atoms with E-state index < -0.39 is 0 Å². The van der Waals surface area contributed by atoms with E-state index in [9.17, 15) is 0 Å². The van der Waals surface area contributed by atoms with Crippen molar-refractivity contribution in [2.75, 3.05) is 6.54 Å². The van der Waals surface area contributed by atoms with E-state index in [1.807, 2.05) is 13.8 Å². The van der Waals surface area contributed by atoms with E-state index >= 15 is 0 Å². The van der Waals surface area contributed by atoms with Crippen LogP contribution < -0.4 is 5.43 Å². The minimum atomic E-state index is 0.907. The molecule has 2 nitrogen and oxygen atoms in total. The molecule has 0 aliphatic carbocycles. The average molecular weight is 86.1 g/mol. The summed E-state index contributed by atoms with van der Waals surface area (Å²) in [5, 5.41) is 3.72. The second kappa shape index (κ2) is 4.47. The van der Waals surface area contributed by atoms with Crippen LogP contribution in [0.15, 0.2) is 5.10 Å². The Hall–Kier alpha value is -0.530. The molecule has 0 heterocycles. The first-order valence-electron chi connectivity index (χ1n) is 2.12. The van der Waals surface area contributed by atoms with Gasteiger partial charge < -0.3 is 5.43 Å². The summed E-state index contributed by atoms with van der Waals surface area (Å²) in [6.45, 7) is 4.79. The maximum absolute atomic E-state index is 3.72. The van der Waals surface area contributed by atoms with Crippen LogP contribution in [0.5, 0.6) is 0 Å². The van der Waals surface area contributed by atoms with Crippen molar-refractivity contribution < 1.29 is 0 Å². The van der Waals surface area contributed by atoms with Crippen LogP contribution in [0, 0.1) is 0 Å². The molecular weight excluding hydrogens is 76.1 g/mol. The SMILES string of the molecule is C/C=N\NCC. The molecule has 36 valence electrons. The molecule has 0 rings (SSSR count). The van der Waals surface area contributed by atoms with Crippen LogP contribution >= 0.6 is 0 Å². The normalized spacial score (nSPS) is 9.67. The van der Waals surface area contributed by atoms with Gasteiger partial charge in [-0.3, -0.25) is 0 Å². The molecule has 0 unspecified atom stereocenters. The minimum absolute atomic E-state index is 0.907. The first-order valence-corrected chi connectivity index (χ1v) is 2.12. The highest BCUT2D eigenvalue weighted by molar-refractivity contribution is 5.52. The molecule has 2 heteroatoms. The third-order valence-corrected chi connectivity index (χ3v) is 0.379. The maximum Gasteiger partial charge on any atom is 0.0301 e. The molecule has 0 bridgehead atoms. The molecule has 0 saturated carbocycles. The summed E-state index contributed by atoms with van der Waals surface area (Å²) in [5.41, 5.74) is 2.77. The summed E-state index contributed by atoms with van der Waals surface area (Å²) in [7, 11) is 0. The van der Waals surface area contributed by atoms with Gasteiger partial charge in [0.05, 0.1) is 0 Å². The molecule has 0 radical (unpaired) electrons. The lowest BCUT2D eigenvalue weighted by Crippen LogP contribution is -2.01. The number of hydrogen-bond donors (Lipinski definition) is 1. The average Bonchev–Trinajstić information content (AvgIpc) is 1.61. The van der Waals surface area contributed by atoms with Crippen LogP contribution in [0.3, 0.4) is 0 Å². The Bertz CT molecular complexity index is 40.8. The van der Waals surface area contributed by atoms with Crippen molar-refractivity contribution >= 4 is 6.21 Å². The van der Waals surface area contributed by atoms with E-state index in [0.29, 0.717) is 0 Å². The first kappa shape index (κ1) is 5.47. The summed E-state index contributed by atoms with van der Waals surface area (Å²) in [6.07, 6.45) is 1.73. The Labute approximate surface area is 38.2 Å². The molecule has 0 aliphatic heterocycles. The van der Waals surface area contributed by atoms with Crippen LogP contribution in [0.2, 0.25) is 0 Å². The van der Waals surface area contributed by atoms with Gasteiger partial charge in [0.15, 0.2) is 0 Å². The quantitative estimate of drug-likeness (QED) is 0.386. The lowest BCUT2D eigenvalue weighted by molar-refractivity contribution is 0.787. The first-order chi connectivity index (χ1) is 2.91. The molecule has 0 fully saturated rings. The van der Waals surface area contributed by atoms with Gasteiger partial charge in [0.25, 0.3) is 0 Å². The molecule has 0 aromatic heterocycles. The van der Waals surface area contributed by atoms with Crippen LogP contribution in [-0.2, 0) is 0 Å². The van der Waals surface area contributed by atoms with E-state index in [1.165, 1.54) is 0 Å². The largest absolute Gasteiger partial charge is 0.311 e. The third kappa shape index (κ3) is 3.47. The standard InChI is InChI=1S/C4H10N2/c1-3-5-6-4-2/h3,6H,4H2,1-2H3/b5-3-. The van der Waals surface area contributed by atoms with E-state index in [4.69, 9.17) is 0 Å². The van der Waals surface area contributed by atoms with Crippen LogP contribution in [-0.4, -0.2) is 12.8 Å². The van der Waals surface area contributed by atoms with Crippen molar-refractivity contribution in [3.63, 3.8) is 0 Å². The number of nitrogens with one attached hydrogen (secondary N) is 1. The highest BCUT2D eigenvalue weighted by Crippen LogP contribution is 1.51. The molecule has 0 aliphatic rings. The summed E-state index contributed by atoms with van der Waals surface area (Å²) in [4.78, 5) is 0. The number of rotatable bonds is 2. The molecule has 0 amide bonds. The molecule has 0 aromatic carbocycles. The van der Waals surface area contributed by atoms with Crippen LogP contribution in [0.1, 0.15) is 13.8 Å². The van der Waals surface area contributed by atoms with Gasteiger partial charge in [-0.25, -0.2) is 0 Å². The minimum Gasteiger partial charge on any atom is -0.311 e. The number of nitrogens with zero attached hydrogens (tertiary/aromatic N) is 1. The van der Waals surface area contributed by atoms with Gasteiger partial charge in [-0.15, -0.1) is 0 Å². The zero-order valence-corrected chi connectivity index (χ0v) is 4.23. The second-order valence-electron chi connectivity index (χ2n) is 0.899. The van der Waals surface area contributed by atoms with E-state index in [0.717, 1.165) is 6.54 Å². The van der Waals surface area contributed by atoms with Crippen LogP contribution in [0.25, 0.3) is 0 Å². The van der Waals surface area contributed by atoms with Crippen molar-refractivity contribution in [3.05, 3.63) is 0 Å². The van der Waals surface area contributed by atoms with E-state index in [1.54, 1.807) is 6.21 Å². The zero-order valence-electron chi connectivity index (χ0n) is 4.23. The lowest BCUT2D eigenvalue weighted by atomic mass is 10.8. The number of hydrazone groups is 1. The van der Waals surface area contributed by atoms with Gasteiger partial charge in [0.1, 0.15) is 0 Å². The summed E-state index contributed by atoms with van der Waals surface area (Å²) >= 11 is 0. The Balaban J connectivity index is 2.66. The van der Waals surface area contributed by atoms with Crippen LogP contribution in [0.4, 0.5) is 0 Å². The molecule has 0 spiro atoms. The zero-order chi connectivity index (χ0) is 4.83. The van der Waals surface area contributed by atoms with E-state index in [-0.39, 0.29) is 0 Å². The highest BCUT2D eigenvalue weighted by atomic mass is 15.3. The molecule has 0 atom stereocenters. The predicted octanol–water partition coefficient (Wildman–Crippen LogP) is 0.602. The molecular formula is C4H10N2. The Morgan fingerprint density at radius 3 is 2.67 bits per heavy atom. The molecule has 0 aromatic rings. The fourth-order valence-corrected chi connectivity index (χ4v) is 0.183. The molecule has 0 saturated heterocycles. The monoisotopic (exact) mass is 86.1 g/mol. The maximum atomic E-state index is 3.72. The van der Waals surface area contributed by atoms with Gasteiger partial charge >= 0.3 is 0 Å². The Morgan fingerprint density at radius 1 is 1.83 bits per heavy atom. The Morgan fingerprint density at radius 2 is 2.50 bits per heavy atom. The van der Waals surface area contributed by atoms with Crippen molar-refractivity contribution in [1.29, 1.82) is 0 Å². The topological polar surface area (TPSA) is 24.4 Å². The van der Waals surface area contributed by atoms with Crippen molar-refractivity contribution in [1.82, 2.24) is 5.43 Å². The van der Waals surface area contributed by atoms with Gasteiger partial charge in [0.2, 0.25) is 0 Å². The lowest BCUT2D eigenvalue weighted by Gasteiger charge is -1.85. The summed E-state index contributed by atoms with van der Waals surface area (Å²) in [5.74, 6) is 0. The predicted molar refractivity (Wildman–Crippen MR) is 27.8 cm³/mol.